The molecule has 0 bridgehead atoms. The molecule has 4 rings (SSSR count). The van der Waals surface area contributed by atoms with Crippen LogP contribution in [0.1, 0.15) is 25.5 Å². The number of halogens is 1. The van der Waals surface area contributed by atoms with Crippen LogP contribution in [0.5, 0.6) is 0 Å². The first-order valence-corrected chi connectivity index (χ1v) is 8.85. The van der Waals surface area contributed by atoms with Crippen molar-refractivity contribution in [1.82, 2.24) is 9.55 Å². The van der Waals surface area contributed by atoms with Gasteiger partial charge in [-0.05, 0) is 43.7 Å². The van der Waals surface area contributed by atoms with Gasteiger partial charge in [-0.25, -0.2) is 9.78 Å². The number of rotatable bonds is 3. The molecule has 0 aliphatic carbocycles. The molecule has 2 heterocycles. The third kappa shape index (κ3) is 2.65. The lowest BCUT2D eigenvalue weighted by atomic mass is 9.95. The van der Waals surface area contributed by atoms with Crippen LogP contribution >= 0.6 is 11.6 Å². The number of hydrogen-bond donors (Lipinski definition) is 1. The zero-order valence-corrected chi connectivity index (χ0v) is 15.2. The normalized spacial score (nSPS) is 16.3. The summed E-state index contributed by atoms with van der Waals surface area (Å²) in [5.41, 5.74) is 4.00. The number of fused-ring (bicyclic) bond motifs is 3. The zero-order valence-electron chi connectivity index (χ0n) is 14.5. The first-order valence-electron chi connectivity index (χ1n) is 8.47. The number of hydrogen-bond acceptors (Lipinski definition) is 4. The van der Waals surface area contributed by atoms with Gasteiger partial charge < -0.3 is 10.1 Å². The number of imidazole rings is 1. The number of allylic oxidation sites excluding steroid dienone is 1. The standard InChI is InChI=1S/C20H18ClN3O2/c1-3-26-19(25)17-12(2)22-20-23-15-9-4-5-10-16(15)24(20)18(17)13-7-6-8-14(21)11-13/h4-11,18H,3H2,1-2H3,(H,22,23). The SMILES string of the molecule is CCOC(=O)C1=C(C)Nc2nc3ccccc3n2C1c1cccc(Cl)c1. The molecule has 6 heteroatoms. The largest absolute Gasteiger partial charge is 0.463 e. The van der Waals surface area contributed by atoms with Crippen molar-refractivity contribution in [2.75, 3.05) is 11.9 Å². The molecule has 0 saturated carbocycles. The molecule has 0 radical (unpaired) electrons. The molecule has 3 aromatic rings. The molecule has 0 amide bonds. The van der Waals surface area contributed by atoms with Crippen molar-refractivity contribution in [2.24, 2.45) is 0 Å². The fourth-order valence-electron chi connectivity index (χ4n) is 3.43. The van der Waals surface area contributed by atoms with E-state index in [1.54, 1.807) is 6.92 Å². The maximum atomic E-state index is 12.8. The molecule has 1 aliphatic rings. The van der Waals surface area contributed by atoms with E-state index in [2.05, 4.69) is 10.3 Å². The molecule has 1 aromatic heterocycles. The predicted octanol–water partition coefficient (Wildman–Crippen LogP) is 4.54. The minimum atomic E-state index is -0.364. The molecular formula is C20H18ClN3O2. The van der Waals surface area contributed by atoms with Gasteiger partial charge in [-0.1, -0.05) is 35.9 Å². The van der Waals surface area contributed by atoms with Crippen molar-refractivity contribution in [1.29, 1.82) is 0 Å². The first-order chi connectivity index (χ1) is 12.6. The summed E-state index contributed by atoms with van der Waals surface area (Å²) < 4.78 is 7.36. The van der Waals surface area contributed by atoms with Crippen LogP contribution in [0.2, 0.25) is 5.02 Å². The molecule has 0 spiro atoms. The number of esters is 1. The molecule has 26 heavy (non-hydrogen) atoms. The van der Waals surface area contributed by atoms with Crippen LogP contribution in [-0.4, -0.2) is 22.1 Å². The molecule has 1 atom stereocenters. The summed E-state index contributed by atoms with van der Waals surface area (Å²) in [6, 6.07) is 15.0. The lowest BCUT2D eigenvalue weighted by Crippen LogP contribution is -2.29. The van der Waals surface area contributed by atoms with Gasteiger partial charge in [0.25, 0.3) is 0 Å². The molecule has 0 fully saturated rings. The van der Waals surface area contributed by atoms with Gasteiger partial charge in [-0.3, -0.25) is 4.57 Å². The summed E-state index contributed by atoms with van der Waals surface area (Å²) in [6.07, 6.45) is 0. The van der Waals surface area contributed by atoms with Gasteiger partial charge in [0.05, 0.1) is 29.3 Å². The summed E-state index contributed by atoms with van der Waals surface area (Å²) in [7, 11) is 0. The van der Waals surface area contributed by atoms with Crippen LogP contribution in [0.15, 0.2) is 59.8 Å². The Morgan fingerprint density at radius 2 is 2.08 bits per heavy atom. The number of para-hydroxylation sites is 2. The van der Waals surface area contributed by atoms with Gasteiger partial charge in [0.15, 0.2) is 0 Å². The minimum Gasteiger partial charge on any atom is -0.463 e. The van der Waals surface area contributed by atoms with Crippen molar-refractivity contribution in [3.05, 3.63) is 70.4 Å². The van der Waals surface area contributed by atoms with Crippen LogP contribution in [0.25, 0.3) is 11.0 Å². The summed E-state index contributed by atoms with van der Waals surface area (Å²) >= 11 is 6.24. The molecule has 2 aromatic carbocycles. The Labute approximate surface area is 156 Å². The monoisotopic (exact) mass is 367 g/mol. The molecule has 0 saturated heterocycles. The molecule has 132 valence electrons. The third-order valence-corrected chi connectivity index (χ3v) is 4.73. The van der Waals surface area contributed by atoms with Gasteiger partial charge in [0, 0.05) is 10.7 Å². The highest BCUT2D eigenvalue weighted by atomic mass is 35.5. The quantitative estimate of drug-likeness (QED) is 0.690. The maximum absolute atomic E-state index is 12.8. The van der Waals surface area contributed by atoms with Crippen molar-refractivity contribution in [3.8, 4) is 0 Å². The fraction of sp³-hybridized carbons (Fsp3) is 0.200. The van der Waals surface area contributed by atoms with Crippen LogP contribution in [0.3, 0.4) is 0 Å². The Morgan fingerprint density at radius 1 is 1.27 bits per heavy atom. The third-order valence-electron chi connectivity index (χ3n) is 4.49. The van der Waals surface area contributed by atoms with E-state index in [-0.39, 0.29) is 12.0 Å². The lowest BCUT2D eigenvalue weighted by Gasteiger charge is -2.30. The second-order valence-corrected chi connectivity index (χ2v) is 6.57. The summed E-state index contributed by atoms with van der Waals surface area (Å²) in [4.78, 5) is 17.4. The number of benzene rings is 2. The number of carbonyl (C=O) groups is 1. The number of aromatic nitrogens is 2. The van der Waals surface area contributed by atoms with Gasteiger partial charge in [-0.2, -0.15) is 0 Å². The molecular weight excluding hydrogens is 350 g/mol. The van der Waals surface area contributed by atoms with Crippen molar-refractivity contribution < 1.29 is 9.53 Å². The van der Waals surface area contributed by atoms with E-state index in [1.165, 1.54) is 0 Å². The van der Waals surface area contributed by atoms with Crippen LogP contribution in [0, 0.1) is 0 Å². The van der Waals surface area contributed by atoms with E-state index in [1.807, 2.05) is 60.0 Å². The number of ether oxygens (including phenoxy) is 1. The van der Waals surface area contributed by atoms with Gasteiger partial charge >= 0.3 is 5.97 Å². The Kier molecular flexibility index (Phi) is 4.17. The summed E-state index contributed by atoms with van der Waals surface area (Å²) in [6.45, 7) is 3.98. The van der Waals surface area contributed by atoms with E-state index in [4.69, 9.17) is 16.3 Å². The highest BCUT2D eigenvalue weighted by Crippen LogP contribution is 2.39. The highest BCUT2D eigenvalue weighted by Gasteiger charge is 2.34. The molecule has 1 aliphatic heterocycles. The van der Waals surface area contributed by atoms with Crippen LogP contribution in [-0.2, 0) is 9.53 Å². The first kappa shape index (κ1) is 16.7. The van der Waals surface area contributed by atoms with E-state index in [0.29, 0.717) is 23.2 Å². The average molecular weight is 368 g/mol. The predicted molar refractivity (Wildman–Crippen MR) is 102 cm³/mol. The fourth-order valence-corrected chi connectivity index (χ4v) is 3.63. The lowest BCUT2D eigenvalue weighted by molar-refractivity contribution is -0.139. The van der Waals surface area contributed by atoms with Gasteiger partial charge in [0.1, 0.15) is 0 Å². The Morgan fingerprint density at radius 3 is 2.85 bits per heavy atom. The maximum Gasteiger partial charge on any atom is 0.338 e. The Bertz CT molecular complexity index is 1040. The summed E-state index contributed by atoms with van der Waals surface area (Å²) in [5, 5.41) is 3.87. The second kappa shape index (κ2) is 6.50. The minimum absolute atomic E-state index is 0.315. The van der Waals surface area contributed by atoms with Gasteiger partial charge in [-0.15, -0.1) is 0 Å². The topological polar surface area (TPSA) is 56.1 Å². The number of anilines is 1. The van der Waals surface area contributed by atoms with E-state index < -0.39 is 0 Å². The molecule has 1 N–H and O–H groups in total. The van der Waals surface area contributed by atoms with Crippen molar-refractivity contribution in [3.63, 3.8) is 0 Å². The van der Waals surface area contributed by atoms with Crippen LogP contribution in [0.4, 0.5) is 5.95 Å². The second-order valence-electron chi connectivity index (χ2n) is 6.14. The van der Waals surface area contributed by atoms with E-state index in [0.717, 1.165) is 22.3 Å². The zero-order chi connectivity index (χ0) is 18.3. The van der Waals surface area contributed by atoms with Gasteiger partial charge in [0.2, 0.25) is 5.95 Å². The summed E-state index contributed by atoms with van der Waals surface area (Å²) in [5.74, 6) is 0.354. The smallest absolute Gasteiger partial charge is 0.338 e. The van der Waals surface area contributed by atoms with Crippen molar-refractivity contribution >= 4 is 34.6 Å². The molecule has 5 nitrogen and oxygen atoms in total. The van der Waals surface area contributed by atoms with E-state index >= 15 is 0 Å². The Hall–Kier alpha value is -2.79. The number of nitrogens with zero attached hydrogens (tertiary/aromatic N) is 2. The average Bonchev–Trinajstić information content (AvgIpc) is 2.98. The Balaban J connectivity index is 1.99. The highest BCUT2D eigenvalue weighted by molar-refractivity contribution is 6.30. The van der Waals surface area contributed by atoms with Crippen molar-refractivity contribution in [2.45, 2.75) is 19.9 Å². The van der Waals surface area contributed by atoms with E-state index in [9.17, 15) is 4.79 Å². The molecule has 1 unspecified atom stereocenters. The number of nitrogens with one attached hydrogen (secondary N) is 1. The van der Waals surface area contributed by atoms with Crippen LogP contribution < -0.4 is 5.32 Å². The number of carbonyl (C=O) groups excluding carboxylic acids is 1.